The third kappa shape index (κ3) is 2.70. The zero-order valence-corrected chi connectivity index (χ0v) is 12.0. The third-order valence-corrected chi connectivity index (χ3v) is 3.72. The van der Waals surface area contributed by atoms with Crippen molar-refractivity contribution in [1.82, 2.24) is 15.0 Å². The standard InChI is InChI=1S/C11H14ClN5S/c1-7-9(18-6-15-7)5-17(3)10-8(12)4-14-11(13-2)16-10/h4,6H,5H2,1-3H3,(H,13,14,16). The smallest absolute Gasteiger partial charge is 0.224 e. The molecule has 0 unspecified atom stereocenters. The molecule has 2 heterocycles. The summed E-state index contributed by atoms with van der Waals surface area (Å²) in [6.45, 7) is 2.73. The number of thiazole rings is 1. The molecule has 7 heteroatoms. The van der Waals surface area contributed by atoms with Crippen LogP contribution in [0.1, 0.15) is 10.6 Å². The van der Waals surface area contributed by atoms with E-state index in [-0.39, 0.29) is 0 Å². The summed E-state index contributed by atoms with van der Waals surface area (Å²) in [5, 5.41) is 3.44. The highest BCUT2D eigenvalue weighted by molar-refractivity contribution is 7.09. The molecule has 0 aliphatic carbocycles. The average molecular weight is 284 g/mol. The van der Waals surface area contributed by atoms with Gasteiger partial charge in [-0.3, -0.25) is 0 Å². The number of aromatic nitrogens is 3. The normalized spacial score (nSPS) is 10.4. The summed E-state index contributed by atoms with van der Waals surface area (Å²) >= 11 is 7.75. The van der Waals surface area contributed by atoms with Crippen molar-refractivity contribution in [3.05, 3.63) is 27.3 Å². The number of nitrogens with zero attached hydrogens (tertiary/aromatic N) is 4. The van der Waals surface area contributed by atoms with Crippen molar-refractivity contribution >= 4 is 34.7 Å². The van der Waals surface area contributed by atoms with E-state index < -0.39 is 0 Å². The van der Waals surface area contributed by atoms with Crippen molar-refractivity contribution in [2.45, 2.75) is 13.5 Å². The number of hydrogen-bond donors (Lipinski definition) is 1. The summed E-state index contributed by atoms with van der Waals surface area (Å²) in [4.78, 5) is 15.9. The largest absolute Gasteiger partial charge is 0.357 e. The molecule has 5 nitrogen and oxygen atoms in total. The van der Waals surface area contributed by atoms with Gasteiger partial charge in [0.25, 0.3) is 0 Å². The predicted molar refractivity (Wildman–Crippen MR) is 75.5 cm³/mol. The molecule has 1 N–H and O–H groups in total. The molecular formula is C11H14ClN5S. The minimum absolute atomic E-state index is 0.540. The fourth-order valence-electron chi connectivity index (χ4n) is 1.51. The summed E-state index contributed by atoms with van der Waals surface area (Å²) in [6, 6.07) is 0. The van der Waals surface area contributed by atoms with Crippen LogP contribution in [-0.4, -0.2) is 29.0 Å². The molecule has 0 amide bonds. The number of hydrogen-bond acceptors (Lipinski definition) is 6. The number of halogens is 1. The van der Waals surface area contributed by atoms with Crippen LogP contribution in [-0.2, 0) is 6.54 Å². The zero-order valence-electron chi connectivity index (χ0n) is 10.4. The Bertz CT molecular complexity index is 542. The van der Waals surface area contributed by atoms with E-state index >= 15 is 0 Å². The third-order valence-electron chi connectivity index (χ3n) is 2.54. The van der Waals surface area contributed by atoms with E-state index in [1.165, 1.54) is 4.88 Å². The van der Waals surface area contributed by atoms with Crippen LogP contribution >= 0.6 is 22.9 Å². The first kappa shape index (κ1) is 13.0. The highest BCUT2D eigenvalue weighted by atomic mass is 35.5. The second-order valence-corrected chi connectivity index (χ2v) is 5.18. The molecule has 0 atom stereocenters. The van der Waals surface area contributed by atoms with Gasteiger partial charge in [0.15, 0.2) is 5.82 Å². The lowest BCUT2D eigenvalue weighted by Gasteiger charge is -2.19. The van der Waals surface area contributed by atoms with Gasteiger partial charge in [-0.1, -0.05) is 11.6 Å². The average Bonchev–Trinajstić information content (AvgIpc) is 2.75. The number of nitrogens with one attached hydrogen (secondary N) is 1. The van der Waals surface area contributed by atoms with Crippen LogP contribution in [0.15, 0.2) is 11.7 Å². The molecule has 0 saturated carbocycles. The van der Waals surface area contributed by atoms with Gasteiger partial charge in [-0.2, -0.15) is 4.98 Å². The summed E-state index contributed by atoms with van der Waals surface area (Å²) < 4.78 is 0. The van der Waals surface area contributed by atoms with Gasteiger partial charge in [-0.05, 0) is 6.92 Å². The Hall–Kier alpha value is -1.40. The Balaban J connectivity index is 2.23. The van der Waals surface area contributed by atoms with Crippen molar-refractivity contribution in [2.24, 2.45) is 0 Å². The van der Waals surface area contributed by atoms with E-state index in [4.69, 9.17) is 11.6 Å². The fourth-order valence-corrected chi connectivity index (χ4v) is 2.58. The van der Waals surface area contributed by atoms with Crippen molar-refractivity contribution in [3.8, 4) is 0 Å². The van der Waals surface area contributed by atoms with E-state index in [0.717, 1.165) is 12.2 Å². The molecule has 0 bridgehead atoms. The Morgan fingerprint density at radius 2 is 2.22 bits per heavy atom. The zero-order chi connectivity index (χ0) is 13.1. The Labute approximate surface area is 115 Å². The van der Waals surface area contributed by atoms with E-state index in [1.54, 1.807) is 24.6 Å². The molecule has 2 aromatic heterocycles. The summed E-state index contributed by atoms with van der Waals surface area (Å²) in [5.74, 6) is 1.27. The highest BCUT2D eigenvalue weighted by Gasteiger charge is 2.12. The van der Waals surface area contributed by atoms with Gasteiger partial charge in [0.1, 0.15) is 5.02 Å². The molecule has 2 aromatic rings. The lowest BCUT2D eigenvalue weighted by atomic mass is 10.3. The van der Waals surface area contributed by atoms with Crippen LogP contribution in [0, 0.1) is 6.92 Å². The number of rotatable bonds is 4. The molecule has 2 rings (SSSR count). The van der Waals surface area contributed by atoms with Gasteiger partial charge in [0.2, 0.25) is 5.95 Å². The summed E-state index contributed by atoms with van der Waals surface area (Å²) in [7, 11) is 3.73. The van der Waals surface area contributed by atoms with Crippen LogP contribution in [0.3, 0.4) is 0 Å². The maximum atomic E-state index is 6.12. The quantitative estimate of drug-likeness (QED) is 0.935. The van der Waals surface area contributed by atoms with Crippen molar-refractivity contribution in [1.29, 1.82) is 0 Å². The molecule has 0 aliphatic heterocycles. The second-order valence-electron chi connectivity index (χ2n) is 3.83. The van der Waals surface area contributed by atoms with Gasteiger partial charge in [0.05, 0.1) is 23.9 Å². The van der Waals surface area contributed by atoms with E-state index in [0.29, 0.717) is 16.8 Å². The van der Waals surface area contributed by atoms with Crippen molar-refractivity contribution in [2.75, 3.05) is 24.3 Å². The van der Waals surface area contributed by atoms with E-state index in [1.807, 2.05) is 24.4 Å². The minimum Gasteiger partial charge on any atom is -0.357 e. The van der Waals surface area contributed by atoms with Crippen LogP contribution < -0.4 is 10.2 Å². The second kappa shape index (κ2) is 5.49. The lowest BCUT2D eigenvalue weighted by Crippen LogP contribution is -2.18. The van der Waals surface area contributed by atoms with Crippen molar-refractivity contribution < 1.29 is 0 Å². The maximum Gasteiger partial charge on any atom is 0.224 e. The molecular weight excluding hydrogens is 270 g/mol. The topological polar surface area (TPSA) is 53.9 Å². The van der Waals surface area contributed by atoms with Crippen LogP contribution in [0.2, 0.25) is 5.02 Å². The van der Waals surface area contributed by atoms with Gasteiger partial charge >= 0.3 is 0 Å². The molecule has 0 aromatic carbocycles. The highest BCUT2D eigenvalue weighted by Crippen LogP contribution is 2.25. The van der Waals surface area contributed by atoms with E-state index in [2.05, 4.69) is 20.3 Å². The summed E-state index contributed by atoms with van der Waals surface area (Å²) in [6.07, 6.45) is 1.60. The van der Waals surface area contributed by atoms with E-state index in [9.17, 15) is 0 Å². The predicted octanol–water partition coefficient (Wildman–Crippen LogP) is 2.57. The van der Waals surface area contributed by atoms with Crippen LogP contribution in [0.4, 0.5) is 11.8 Å². The van der Waals surface area contributed by atoms with Gasteiger partial charge in [0, 0.05) is 19.0 Å². The fraction of sp³-hybridized carbons (Fsp3) is 0.364. The Kier molecular flexibility index (Phi) is 3.98. The Morgan fingerprint density at radius 1 is 1.44 bits per heavy atom. The van der Waals surface area contributed by atoms with Gasteiger partial charge in [-0.15, -0.1) is 11.3 Å². The maximum absolute atomic E-state index is 6.12. The molecule has 0 fully saturated rings. The molecule has 0 aliphatic rings. The molecule has 0 spiro atoms. The summed E-state index contributed by atoms with van der Waals surface area (Å²) in [5.41, 5.74) is 2.89. The van der Waals surface area contributed by atoms with Crippen molar-refractivity contribution in [3.63, 3.8) is 0 Å². The number of aryl methyl sites for hydroxylation is 1. The number of anilines is 2. The molecule has 0 saturated heterocycles. The first-order valence-corrected chi connectivity index (χ1v) is 6.68. The van der Waals surface area contributed by atoms with Gasteiger partial charge in [-0.25, -0.2) is 9.97 Å². The van der Waals surface area contributed by atoms with Gasteiger partial charge < -0.3 is 10.2 Å². The molecule has 96 valence electrons. The first-order chi connectivity index (χ1) is 8.61. The Morgan fingerprint density at radius 3 is 2.83 bits per heavy atom. The monoisotopic (exact) mass is 283 g/mol. The lowest BCUT2D eigenvalue weighted by molar-refractivity contribution is 0.895. The van der Waals surface area contributed by atoms with Crippen LogP contribution in [0.25, 0.3) is 0 Å². The minimum atomic E-state index is 0.540. The molecule has 0 radical (unpaired) electrons. The SMILES string of the molecule is CNc1ncc(Cl)c(N(C)Cc2scnc2C)n1. The first-order valence-electron chi connectivity index (χ1n) is 5.42. The van der Waals surface area contributed by atoms with Crippen LogP contribution in [0.5, 0.6) is 0 Å². The molecule has 18 heavy (non-hydrogen) atoms.